The van der Waals surface area contributed by atoms with Gasteiger partial charge in [-0.1, -0.05) is 12.1 Å². The zero-order valence-corrected chi connectivity index (χ0v) is 12.4. The molecule has 22 heavy (non-hydrogen) atoms. The molecule has 0 saturated heterocycles. The molecule has 1 N–H and O–H groups in total. The highest BCUT2D eigenvalue weighted by Gasteiger charge is 2.21. The van der Waals surface area contributed by atoms with Gasteiger partial charge in [-0.2, -0.15) is 8.78 Å². The number of aromatic nitrogens is 2. The first-order valence-corrected chi connectivity index (χ1v) is 7.09. The van der Waals surface area contributed by atoms with Crippen LogP contribution in [0.4, 0.5) is 8.78 Å². The molecule has 0 fully saturated rings. The number of furan rings is 1. The van der Waals surface area contributed by atoms with E-state index in [0.717, 1.165) is 15.9 Å². The SMILES string of the molecule is Cc1occc1CNC(C)c1nc2ccccc2n1C(F)F. The van der Waals surface area contributed by atoms with E-state index in [1.807, 2.05) is 19.9 Å². The number of para-hydroxylation sites is 2. The number of hydrogen-bond donors (Lipinski definition) is 1. The molecule has 4 nitrogen and oxygen atoms in total. The smallest absolute Gasteiger partial charge is 0.320 e. The highest BCUT2D eigenvalue weighted by molar-refractivity contribution is 5.76. The molecule has 2 heterocycles. The topological polar surface area (TPSA) is 43.0 Å². The minimum absolute atomic E-state index is 0.310. The number of benzene rings is 1. The molecule has 3 aromatic rings. The lowest BCUT2D eigenvalue weighted by Crippen LogP contribution is -2.22. The predicted octanol–water partition coefficient (Wildman–Crippen LogP) is 4.18. The second-order valence-corrected chi connectivity index (χ2v) is 5.21. The van der Waals surface area contributed by atoms with Crippen molar-refractivity contribution in [1.29, 1.82) is 0 Å². The quantitative estimate of drug-likeness (QED) is 0.769. The van der Waals surface area contributed by atoms with E-state index in [-0.39, 0.29) is 6.04 Å². The first kappa shape index (κ1) is 14.7. The third-order valence-electron chi connectivity index (χ3n) is 3.77. The zero-order valence-electron chi connectivity index (χ0n) is 12.4. The van der Waals surface area contributed by atoms with E-state index in [1.165, 1.54) is 0 Å². The van der Waals surface area contributed by atoms with Gasteiger partial charge in [0.1, 0.15) is 11.6 Å². The number of alkyl halides is 2. The first-order chi connectivity index (χ1) is 10.6. The molecule has 0 aliphatic rings. The fourth-order valence-corrected chi connectivity index (χ4v) is 2.52. The van der Waals surface area contributed by atoms with Crippen molar-refractivity contribution in [3.63, 3.8) is 0 Å². The molecule has 0 radical (unpaired) electrons. The average Bonchev–Trinajstić information content (AvgIpc) is 3.08. The van der Waals surface area contributed by atoms with E-state index in [9.17, 15) is 8.78 Å². The van der Waals surface area contributed by atoms with Gasteiger partial charge in [0.15, 0.2) is 0 Å². The van der Waals surface area contributed by atoms with Crippen molar-refractivity contribution >= 4 is 11.0 Å². The van der Waals surface area contributed by atoms with E-state index in [4.69, 9.17) is 4.42 Å². The standard InChI is InChI=1S/C16H17F2N3O/c1-10(19-9-12-7-8-22-11(12)2)15-20-13-5-3-4-6-14(13)21(15)16(17)18/h3-8,10,16,19H,9H2,1-2H3. The normalized spacial score (nSPS) is 13.1. The van der Waals surface area contributed by atoms with Crippen LogP contribution in [0.15, 0.2) is 41.0 Å². The van der Waals surface area contributed by atoms with Gasteiger partial charge in [-0.05, 0) is 32.0 Å². The number of fused-ring (bicyclic) bond motifs is 1. The Balaban J connectivity index is 1.88. The van der Waals surface area contributed by atoms with Crippen LogP contribution >= 0.6 is 0 Å². The molecule has 0 spiro atoms. The van der Waals surface area contributed by atoms with Crippen molar-refractivity contribution in [3.8, 4) is 0 Å². The van der Waals surface area contributed by atoms with Crippen molar-refractivity contribution in [2.45, 2.75) is 33.0 Å². The van der Waals surface area contributed by atoms with Crippen molar-refractivity contribution in [1.82, 2.24) is 14.9 Å². The maximum absolute atomic E-state index is 13.4. The molecule has 1 aromatic carbocycles. The minimum atomic E-state index is -2.62. The van der Waals surface area contributed by atoms with Crippen molar-refractivity contribution in [3.05, 3.63) is 53.7 Å². The molecule has 1 atom stereocenters. The third-order valence-corrected chi connectivity index (χ3v) is 3.77. The Morgan fingerprint density at radius 1 is 1.27 bits per heavy atom. The number of rotatable bonds is 5. The van der Waals surface area contributed by atoms with Gasteiger partial charge >= 0.3 is 6.55 Å². The van der Waals surface area contributed by atoms with Gasteiger partial charge in [0.25, 0.3) is 0 Å². The number of halogens is 2. The summed E-state index contributed by atoms with van der Waals surface area (Å²) in [6.07, 6.45) is 1.62. The number of nitrogens with zero attached hydrogens (tertiary/aromatic N) is 2. The van der Waals surface area contributed by atoms with Crippen LogP contribution in [0, 0.1) is 6.92 Å². The molecule has 0 saturated carbocycles. The third kappa shape index (κ3) is 2.62. The Morgan fingerprint density at radius 3 is 2.73 bits per heavy atom. The lowest BCUT2D eigenvalue weighted by molar-refractivity contribution is 0.0698. The first-order valence-electron chi connectivity index (χ1n) is 7.09. The van der Waals surface area contributed by atoms with E-state index in [2.05, 4.69) is 10.3 Å². The van der Waals surface area contributed by atoms with Crippen molar-refractivity contribution in [2.24, 2.45) is 0 Å². The summed E-state index contributed by atoms with van der Waals surface area (Å²) in [7, 11) is 0. The summed E-state index contributed by atoms with van der Waals surface area (Å²) < 4.78 is 33.0. The molecule has 0 aliphatic heterocycles. The largest absolute Gasteiger partial charge is 0.469 e. The summed E-state index contributed by atoms with van der Waals surface area (Å²) in [5, 5.41) is 3.22. The van der Waals surface area contributed by atoms with Crippen LogP contribution < -0.4 is 5.32 Å². The van der Waals surface area contributed by atoms with Crippen LogP contribution in [-0.2, 0) is 6.54 Å². The number of aryl methyl sites for hydroxylation is 1. The molecular formula is C16H17F2N3O. The molecule has 2 aromatic heterocycles. The van der Waals surface area contributed by atoms with Crippen LogP contribution in [0.2, 0.25) is 0 Å². The Bertz CT molecular complexity index is 779. The van der Waals surface area contributed by atoms with E-state index in [0.29, 0.717) is 23.4 Å². The molecular weight excluding hydrogens is 288 g/mol. The van der Waals surface area contributed by atoms with E-state index in [1.54, 1.807) is 30.5 Å². The summed E-state index contributed by atoms with van der Waals surface area (Å²) in [6, 6.07) is 8.48. The lowest BCUT2D eigenvalue weighted by atomic mass is 10.2. The second-order valence-electron chi connectivity index (χ2n) is 5.21. The maximum atomic E-state index is 13.4. The Kier molecular flexibility index (Phi) is 3.94. The number of imidazole rings is 1. The fourth-order valence-electron chi connectivity index (χ4n) is 2.52. The summed E-state index contributed by atoms with van der Waals surface area (Å²) >= 11 is 0. The molecule has 6 heteroatoms. The monoisotopic (exact) mass is 305 g/mol. The lowest BCUT2D eigenvalue weighted by Gasteiger charge is -2.15. The van der Waals surface area contributed by atoms with Gasteiger partial charge < -0.3 is 9.73 Å². The Morgan fingerprint density at radius 2 is 2.05 bits per heavy atom. The fraction of sp³-hybridized carbons (Fsp3) is 0.312. The molecule has 0 amide bonds. The zero-order chi connectivity index (χ0) is 15.7. The molecule has 0 bridgehead atoms. The van der Waals surface area contributed by atoms with Gasteiger partial charge in [0.05, 0.1) is 23.3 Å². The van der Waals surface area contributed by atoms with Gasteiger partial charge in [-0.25, -0.2) is 4.98 Å². The molecule has 3 rings (SSSR count). The van der Waals surface area contributed by atoms with Gasteiger partial charge in [-0.3, -0.25) is 4.57 Å². The van der Waals surface area contributed by atoms with Crippen LogP contribution in [0.3, 0.4) is 0 Å². The van der Waals surface area contributed by atoms with Crippen molar-refractivity contribution < 1.29 is 13.2 Å². The highest BCUT2D eigenvalue weighted by Crippen LogP contribution is 2.26. The molecule has 116 valence electrons. The minimum Gasteiger partial charge on any atom is -0.469 e. The highest BCUT2D eigenvalue weighted by atomic mass is 19.3. The summed E-state index contributed by atoms with van der Waals surface area (Å²) in [5.41, 5.74) is 2.03. The molecule has 0 aliphatic carbocycles. The van der Waals surface area contributed by atoms with Crippen LogP contribution in [-0.4, -0.2) is 9.55 Å². The number of hydrogen-bond acceptors (Lipinski definition) is 3. The molecule has 1 unspecified atom stereocenters. The van der Waals surface area contributed by atoms with Crippen molar-refractivity contribution in [2.75, 3.05) is 0 Å². The maximum Gasteiger partial charge on any atom is 0.320 e. The average molecular weight is 305 g/mol. The van der Waals surface area contributed by atoms with Crippen LogP contribution in [0.5, 0.6) is 0 Å². The summed E-state index contributed by atoms with van der Waals surface area (Å²) in [4.78, 5) is 4.35. The van der Waals surface area contributed by atoms with Gasteiger partial charge in [-0.15, -0.1) is 0 Å². The summed E-state index contributed by atoms with van der Waals surface area (Å²) in [6.45, 7) is 1.61. The summed E-state index contributed by atoms with van der Waals surface area (Å²) in [5.74, 6) is 1.15. The van der Waals surface area contributed by atoms with E-state index < -0.39 is 6.55 Å². The Hall–Kier alpha value is -2.21. The predicted molar refractivity (Wildman–Crippen MR) is 79.7 cm³/mol. The van der Waals surface area contributed by atoms with Gasteiger partial charge in [0.2, 0.25) is 0 Å². The second kappa shape index (κ2) is 5.88. The van der Waals surface area contributed by atoms with Crippen LogP contribution in [0.25, 0.3) is 11.0 Å². The van der Waals surface area contributed by atoms with E-state index >= 15 is 0 Å². The Labute approximate surface area is 126 Å². The van der Waals surface area contributed by atoms with Gasteiger partial charge in [0, 0.05) is 12.1 Å². The number of nitrogens with one attached hydrogen (secondary N) is 1. The van der Waals surface area contributed by atoms with Crippen LogP contribution in [0.1, 0.15) is 36.7 Å².